The molecule has 0 aromatic heterocycles. The van der Waals surface area contributed by atoms with Crippen LogP contribution in [0.4, 0.5) is 0 Å². The molecule has 0 radical (unpaired) electrons. The van der Waals surface area contributed by atoms with E-state index in [9.17, 15) is 4.79 Å². The fraction of sp³-hybridized carbons (Fsp3) is 0.889. The number of halogens is 1. The molecule has 0 heterocycles. The second kappa shape index (κ2) is 5.80. The van der Waals surface area contributed by atoms with Gasteiger partial charge in [-0.15, -0.1) is 0 Å². The molecule has 1 N–H and O–H groups in total. The van der Waals surface area contributed by atoms with Crippen LogP contribution >= 0.6 is 22.6 Å². The van der Waals surface area contributed by atoms with E-state index in [1.165, 1.54) is 0 Å². The van der Waals surface area contributed by atoms with Gasteiger partial charge in [-0.1, -0.05) is 29.5 Å². The lowest BCUT2D eigenvalue weighted by Gasteiger charge is -2.20. The Balaban J connectivity index is 3.64. The summed E-state index contributed by atoms with van der Waals surface area (Å²) >= 11 is 2.26. The zero-order chi connectivity index (χ0) is 10.5. The number of nitrogens with one attached hydrogen (secondary N) is 1. The predicted octanol–water partition coefficient (Wildman–Crippen LogP) is 2.09. The molecule has 0 aromatic carbocycles. The molecule has 0 saturated heterocycles. The van der Waals surface area contributed by atoms with Gasteiger partial charge in [-0.25, -0.2) is 0 Å². The van der Waals surface area contributed by atoms with Crippen molar-refractivity contribution in [2.45, 2.75) is 43.8 Å². The average molecular weight is 299 g/mol. The first-order chi connectivity index (χ1) is 5.85. The van der Waals surface area contributed by atoms with Crippen LogP contribution in [0.2, 0.25) is 0 Å². The van der Waals surface area contributed by atoms with Crippen molar-refractivity contribution >= 4 is 28.6 Å². The van der Waals surface area contributed by atoms with Crippen molar-refractivity contribution in [3.05, 3.63) is 0 Å². The number of alkyl halides is 1. The first kappa shape index (κ1) is 13.2. The zero-order valence-corrected chi connectivity index (χ0v) is 10.8. The molecule has 0 aliphatic carbocycles. The highest BCUT2D eigenvalue weighted by molar-refractivity contribution is 14.1. The van der Waals surface area contributed by atoms with E-state index < -0.39 is 0 Å². The highest BCUT2D eigenvalue weighted by atomic mass is 127. The summed E-state index contributed by atoms with van der Waals surface area (Å²) in [5, 5.41) is 3.07. The minimum atomic E-state index is -0.383. The summed E-state index contributed by atoms with van der Waals surface area (Å²) in [4.78, 5) is 11.2. The average Bonchev–Trinajstić information content (AvgIpc) is 1.97. The number of rotatable bonds is 4. The van der Waals surface area contributed by atoms with Crippen molar-refractivity contribution in [2.24, 2.45) is 0 Å². The molecule has 0 rings (SSSR count). The first-order valence-corrected chi connectivity index (χ1v) is 5.69. The smallest absolute Gasteiger partial charge is 0.320 e. The summed E-state index contributed by atoms with van der Waals surface area (Å²) in [6, 6.07) is 0. The predicted molar refractivity (Wildman–Crippen MR) is 61.9 cm³/mol. The third kappa shape index (κ3) is 8.49. The van der Waals surface area contributed by atoms with Crippen molar-refractivity contribution in [3.8, 4) is 0 Å². The van der Waals surface area contributed by atoms with E-state index in [1.54, 1.807) is 0 Å². The lowest BCUT2D eigenvalue weighted by molar-refractivity contribution is -0.153. The molecule has 0 aromatic rings. The molecule has 0 saturated carbocycles. The normalized spacial score (nSPS) is 13.9. The van der Waals surface area contributed by atoms with Gasteiger partial charge >= 0.3 is 5.97 Å². The molecule has 0 aliphatic rings. The van der Waals surface area contributed by atoms with E-state index in [-0.39, 0.29) is 11.6 Å². The van der Waals surface area contributed by atoms with E-state index in [0.29, 0.717) is 10.6 Å². The fourth-order valence-electron chi connectivity index (χ4n) is 0.716. The third-order valence-corrected chi connectivity index (χ3v) is 2.57. The zero-order valence-electron chi connectivity index (χ0n) is 8.69. The van der Waals surface area contributed by atoms with E-state index in [4.69, 9.17) is 4.74 Å². The molecule has 0 bridgehead atoms. The molecule has 0 fully saturated rings. The monoisotopic (exact) mass is 299 g/mol. The van der Waals surface area contributed by atoms with Gasteiger partial charge < -0.3 is 4.74 Å². The number of carbonyl (C=O) groups is 1. The topological polar surface area (TPSA) is 38.3 Å². The Morgan fingerprint density at radius 1 is 1.54 bits per heavy atom. The Morgan fingerprint density at radius 3 is 2.46 bits per heavy atom. The van der Waals surface area contributed by atoms with Crippen LogP contribution in [0.15, 0.2) is 0 Å². The summed E-state index contributed by atoms with van der Waals surface area (Å²) in [6.45, 7) is 7.96. The van der Waals surface area contributed by atoms with Gasteiger partial charge in [0.05, 0.1) is 10.6 Å². The van der Waals surface area contributed by atoms with Crippen molar-refractivity contribution in [2.75, 3.05) is 6.54 Å². The Kier molecular flexibility index (Phi) is 5.87. The van der Waals surface area contributed by atoms with E-state index in [2.05, 4.69) is 34.8 Å². The molecule has 78 valence electrons. The van der Waals surface area contributed by atoms with Crippen LogP contribution in [0.3, 0.4) is 0 Å². The minimum absolute atomic E-state index is 0.192. The summed E-state index contributed by atoms with van der Waals surface area (Å²) in [5.74, 6) is -0.192. The van der Waals surface area contributed by atoms with Gasteiger partial charge in [-0.2, -0.15) is 0 Å². The standard InChI is InChI=1S/C9H18INO2/c1-5-7(10)11-6-8(12)13-9(2,3)4/h7,11H,5-6H2,1-4H3. The van der Waals surface area contributed by atoms with Crippen LogP contribution in [0.5, 0.6) is 0 Å². The molecular formula is C9H18INO2. The van der Waals surface area contributed by atoms with Gasteiger partial charge in [-0.3, -0.25) is 10.1 Å². The van der Waals surface area contributed by atoms with Crippen LogP contribution < -0.4 is 5.32 Å². The lowest BCUT2D eigenvalue weighted by Crippen LogP contribution is -2.34. The SMILES string of the molecule is CCC(I)NCC(=O)OC(C)(C)C. The van der Waals surface area contributed by atoms with Crippen molar-refractivity contribution in [3.63, 3.8) is 0 Å². The lowest BCUT2D eigenvalue weighted by atomic mass is 10.2. The van der Waals surface area contributed by atoms with E-state index in [1.807, 2.05) is 20.8 Å². The Hall–Kier alpha value is 0.160. The summed E-state index contributed by atoms with van der Waals surface area (Å²) in [7, 11) is 0. The Labute approximate surface area is 93.7 Å². The summed E-state index contributed by atoms with van der Waals surface area (Å²) in [6.07, 6.45) is 1.00. The molecular weight excluding hydrogens is 281 g/mol. The van der Waals surface area contributed by atoms with Crippen molar-refractivity contribution in [1.82, 2.24) is 5.32 Å². The third-order valence-electron chi connectivity index (χ3n) is 1.25. The molecule has 0 spiro atoms. The Bertz CT molecular complexity index is 165. The summed E-state index contributed by atoms with van der Waals surface area (Å²) < 4.78 is 5.47. The van der Waals surface area contributed by atoms with Crippen LogP contribution in [0.25, 0.3) is 0 Å². The molecule has 0 aliphatic heterocycles. The van der Waals surface area contributed by atoms with E-state index in [0.717, 1.165) is 6.42 Å². The maximum Gasteiger partial charge on any atom is 0.320 e. The quantitative estimate of drug-likeness (QED) is 0.374. The van der Waals surface area contributed by atoms with Gasteiger partial charge in [0.25, 0.3) is 0 Å². The summed E-state index contributed by atoms with van der Waals surface area (Å²) in [5.41, 5.74) is -0.383. The largest absolute Gasteiger partial charge is 0.459 e. The van der Waals surface area contributed by atoms with Crippen LogP contribution in [0.1, 0.15) is 34.1 Å². The van der Waals surface area contributed by atoms with Crippen molar-refractivity contribution < 1.29 is 9.53 Å². The molecule has 3 nitrogen and oxygen atoms in total. The number of ether oxygens (including phenoxy) is 1. The molecule has 1 unspecified atom stereocenters. The van der Waals surface area contributed by atoms with Gasteiger partial charge in [0, 0.05) is 0 Å². The van der Waals surface area contributed by atoms with Gasteiger partial charge in [0.15, 0.2) is 0 Å². The first-order valence-electron chi connectivity index (χ1n) is 4.44. The van der Waals surface area contributed by atoms with Gasteiger partial charge in [-0.05, 0) is 27.2 Å². The van der Waals surface area contributed by atoms with Gasteiger partial charge in [0.2, 0.25) is 0 Å². The number of esters is 1. The number of hydrogen-bond acceptors (Lipinski definition) is 3. The molecule has 4 heteroatoms. The van der Waals surface area contributed by atoms with Gasteiger partial charge in [0.1, 0.15) is 5.60 Å². The fourth-order valence-corrected chi connectivity index (χ4v) is 0.936. The number of hydrogen-bond donors (Lipinski definition) is 1. The molecule has 0 amide bonds. The molecule has 13 heavy (non-hydrogen) atoms. The highest BCUT2D eigenvalue weighted by Crippen LogP contribution is 2.07. The van der Waals surface area contributed by atoms with Crippen LogP contribution in [-0.2, 0) is 9.53 Å². The van der Waals surface area contributed by atoms with E-state index >= 15 is 0 Å². The van der Waals surface area contributed by atoms with Crippen molar-refractivity contribution in [1.29, 1.82) is 0 Å². The number of carbonyl (C=O) groups excluding carboxylic acids is 1. The Morgan fingerprint density at radius 2 is 2.08 bits per heavy atom. The molecule has 1 atom stereocenters. The maximum atomic E-state index is 11.2. The maximum absolute atomic E-state index is 11.2. The van der Waals surface area contributed by atoms with Crippen LogP contribution in [0, 0.1) is 0 Å². The van der Waals surface area contributed by atoms with Crippen LogP contribution in [-0.4, -0.2) is 22.2 Å². The second-order valence-electron chi connectivity index (χ2n) is 3.84. The second-order valence-corrected chi connectivity index (χ2v) is 5.35. The highest BCUT2D eigenvalue weighted by Gasteiger charge is 2.16. The minimum Gasteiger partial charge on any atom is -0.459 e.